The van der Waals surface area contributed by atoms with E-state index in [1.54, 1.807) is 0 Å². The smallest absolute Gasteiger partial charge is 0.306 e. The number of hydrogen-bond acceptors (Lipinski definition) is 7. The Bertz CT molecular complexity index is 1560. The maximum atomic E-state index is 13.5. The fraction of sp³-hybridized carbons (Fsp3) is 0.710. The lowest BCUT2D eigenvalue weighted by atomic mass is 10.0. The van der Waals surface area contributed by atoms with Gasteiger partial charge < -0.3 is 28.5 Å². The van der Waals surface area contributed by atoms with Gasteiger partial charge in [0.15, 0.2) is 0 Å². The summed E-state index contributed by atoms with van der Waals surface area (Å²) in [6.45, 7) is 6.64. The normalized spacial score (nSPS) is 14.5. The summed E-state index contributed by atoms with van der Waals surface area (Å²) in [6, 6.07) is -0.909. The topological polar surface area (TPSA) is 114 Å². The molecule has 0 aromatic heterocycles. The Morgan fingerprint density at radius 1 is 0.500 bits per heavy atom. The Balaban J connectivity index is 5.30. The summed E-state index contributed by atoms with van der Waals surface area (Å²) in [4.78, 5) is 39.8. The van der Waals surface area contributed by atoms with E-state index in [1.165, 1.54) is 64.2 Å². The van der Waals surface area contributed by atoms with E-state index >= 15 is 0 Å². The third-order valence-corrected chi connectivity index (χ3v) is 13.2. The second kappa shape index (κ2) is 51.4. The standard InChI is InChI=1S/C62H109N2O7P/c1-7-10-13-16-19-22-25-27-28-29-30-31-32-33-34-35-36-37-40-42-45-48-51-54-61(65)63-59(58-70-72(67,68)69-57-56-64(4,5)6)60(53-50-47-44-41-39-26-23-20-17-14-11-8-2)71-62(66)55-52-49-46-43-38-24-21-18-15-12-9-3/h10,13,18-19,21-22,27-28,30-31,33-34,36-37,50,53,59-60H,7-9,11-12,14-17,20,23-26,29,32,35,38-49,51-52,54-58H2,1-6H3,(H-,63,65,67,68)/b13-10-,21-18-,22-19-,28-27-,31-30-,34-33-,37-36-,53-50-. The highest BCUT2D eigenvalue weighted by Crippen LogP contribution is 2.38. The number of hydrogen-bond donors (Lipinski definition) is 1. The monoisotopic (exact) mass is 1020 g/mol. The van der Waals surface area contributed by atoms with Gasteiger partial charge >= 0.3 is 5.97 Å². The zero-order chi connectivity index (χ0) is 52.9. The van der Waals surface area contributed by atoms with Crippen LogP contribution in [0.3, 0.4) is 0 Å². The van der Waals surface area contributed by atoms with E-state index in [2.05, 4.69) is 111 Å². The van der Waals surface area contributed by atoms with E-state index in [1.807, 2.05) is 33.3 Å². The molecule has 1 N–H and O–H groups in total. The molecule has 414 valence electrons. The molecular formula is C62H109N2O7P. The van der Waals surface area contributed by atoms with E-state index < -0.39 is 26.6 Å². The quantitative estimate of drug-likeness (QED) is 0.0212. The second-order valence-corrected chi connectivity index (χ2v) is 21.8. The molecule has 0 heterocycles. The lowest BCUT2D eigenvalue weighted by Crippen LogP contribution is -2.47. The van der Waals surface area contributed by atoms with Crippen LogP contribution in [0.2, 0.25) is 0 Å². The minimum Gasteiger partial charge on any atom is -0.756 e. The van der Waals surface area contributed by atoms with Gasteiger partial charge in [-0.1, -0.05) is 215 Å². The van der Waals surface area contributed by atoms with Gasteiger partial charge in [-0.25, -0.2) is 0 Å². The number of unbranched alkanes of at least 4 members (excludes halogenated alkanes) is 21. The van der Waals surface area contributed by atoms with E-state index in [9.17, 15) is 19.0 Å². The van der Waals surface area contributed by atoms with Gasteiger partial charge in [0.05, 0.1) is 33.8 Å². The molecule has 3 atom stereocenters. The van der Waals surface area contributed by atoms with Crippen LogP contribution in [-0.2, 0) is 27.9 Å². The van der Waals surface area contributed by atoms with E-state index in [0.717, 1.165) is 122 Å². The predicted molar refractivity (Wildman–Crippen MR) is 307 cm³/mol. The Kier molecular flexibility index (Phi) is 49.2. The lowest BCUT2D eigenvalue weighted by molar-refractivity contribution is -0.870. The molecule has 0 rings (SSSR count). The van der Waals surface area contributed by atoms with Crippen molar-refractivity contribution in [1.82, 2.24) is 5.32 Å². The van der Waals surface area contributed by atoms with Crippen molar-refractivity contribution in [3.63, 3.8) is 0 Å². The summed E-state index contributed by atoms with van der Waals surface area (Å²) in [7, 11) is 1.15. The molecule has 0 bridgehead atoms. The van der Waals surface area contributed by atoms with E-state index in [-0.39, 0.29) is 31.3 Å². The van der Waals surface area contributed by atoms with E-state index in [0.29, 0.717) is 23.9 Å². The Morgan fingerprint density at radius 3 is 1.39 bits per heavy atom. The molecule has 0 aromatic rings. The van der Waals surface area contributed by atoms with Gasteiger partial charge in [0.2, 0.25) is 5.91 Å². The molecule has 72 heavy (non-hydrogen) atoms. The van der Waals surface area contributed by atoms with Gasteiger partial charge in [0.25, 0.3) is 7.82 Å². The second-order valence-electron chi connectivity index (χ2n) is 20.4. The number of likely N-dealkylation sites (N-methyl/N-ethyl adjacent to an activating group) is 1. The molecule has 0 radical (unpaired) electrons. The molecule has 10 heteroatoms. The number of ether oxygens (including phenoxy) is 1. The lowest BCUT2D eigenvalue weighted by Gasteiger charge is -2.30. The predicted octanol–water partition coefficient (Wildman–Crippen LogP) is 17.0. The van der Waals surface area contributed by atoms with Crippen LogP contribution in [0.1, 0.15) is 233 Å². The number of phosphoric ester groups is 1. The van der Waals surface area contributed by atoms with Crippen molar-refractivity contribution in [2.75, 3.05) is 40.9 Å². The average Bonchev–Trinajstić information content (AvgIpc) is 3.34. The number of phosphoric acid groups is 1. The first-order valence-electron chi connectivity index (χ1n) is 29.0. The fourth-order valence-corrected chi connectivity index (χ4v) is 8.46. The zero-order valence-electron chi connectivity index (χ0n) is 47.1. The van der Waals surface area contributed by atoms with Crippen LogP contribution in [0.15, 0.2) is 97.2 Å². The van der Waals surface area contributed by atoms with Crippen LogP contribution >= 0.6 is 7.82 Å². The number of carbonyl (C=O) groups excluding carboxylic acids is 2. The molecule has 0 saturated carbocycles. The maximum Gasteiger partial charge on any atom is 0.306 e. The summed E-state index contributed by atoms with van der Waals surface area (Å²) in [6.07, 6.45) is 68.0. The molecular weight excluding hydrogens is 916 g/mol. The summed E-state index contributed by atoms with van der Waals surface area (Å²) < 4.78 is 30.2. The van der Waals surface area contributed by atoms with E-state index in [4.69, 9.17) is 13.8 Å². The van der Waals surface area contributed by atoms with Gasteiger partial charge in [-0.15, -0.1) is 0 Å². The van der Waals surface area contributed by atoms with Crippen LogP contribution in [0.25, 0.3) is 0 Å². The molecule has 0 aromatic carbocycles. The van der Waals surface area contributed by atoms with Crippen molar-refractivity contribution in [3.8, 4) is 0 Å². The molecule has 3 unspecified atom stereocenters. The summed E-state index contributed by atoms with van der Waals surface area (Å²) >= 11 is 0. The highest BCUT2D eigenvalue weighted by molar-refractivity contribution is 7.45. The summed E-state index contributed by atoms with van der Waals surface area (Å²) in [5.41, 5.74) is 0. The number of nitrogens with one attached hydrogen (secondary N) is 1. The fourth-order valence-electron chi connectivity index (χ4n) is 7.74. The van der Waals surface area contributed by atoms with Crippen molar-refractivity contribution in [2.45, 2.75) is 245 Å². The highest BCUT2D eigenvalue weighted by Gasteiger charge is 2.27. The summed E-state index contributed by atoms with van der Waals surface area (Å²) in [5.74, 6) is -0.588. The third kappa shape index (κ3) is 51.8. The van der Waals surface area contributed by atoms with Gasteiger partial charge in [-0.05, 0) is 102 Å². The third-order valence-electron chi connectivity index (χ3n) is 12.2. The molecule has 0 fully saturated rings. The van der Waals surface area contributed by atoms with Gasteiger partial charge in [0, 0.05) is 12.8 Å². The number of esters is 1. The van der Waals surface area contributed by atoms with Gasteiger partial charge in [0.1, 0.15) is 19.3 Å². The number of amides is 1. The number of carbonyl (C=O) groups is 2. The maximum absolute atomic E-state index is 13.5. The SMILES string of the molecule is CC/C=C\C/C=C\C/C=C\C/C=C\C/C=C\C/C=C\CCCCCCC(=O)NC(COP(=O)([O-])OCC[N+](C)(C)C)C(/C=C\CCCCCCCCCCCC)OC(=O)CCCCCCC/C=C\CCCC. The summed E-state index contributed by atoms with van der Waals surface area (Å²) in [5, 5.41) is 3.00. The van der Waals surface area contributed by atoms with Crippen molar-refractivity contribution in [3.05, 3.63) is 97.2 Å². The van der Waals surface area contributed by atoms with Crippen LogP contribution in [0.4, 0.5) is 0 Å². The molecule has 0 saturated heterocycles. The Labute approximate surface area is 443 Å². The largest absolute Gasteiger partial charge is 0.756 e. The molecule has 0 spiro atoms. The van der Waals surface area contributed by atoms with Gasteiger partial charge in [-0.3, -0.25) is 14.2 Å². The Hall–Kier alpha value is -3.07. The first kappa shape index (κ1) is 68.9. The first-order chi connectivity index (χ1) is 34.9. The van der Waals surface area contributed by atoms with Crippen molar-refractivity contribution >= 4 is 19.7 Å². The number of quaternary nitrogens is 1. The van der Waals surface area contributed by atoms with Crippen molar-refractivity contribution in [2.24, 2.45) is 0 Å². The van der Waals surface area contributed by atoms with Crippen LogP contribution in [0.5, 0.6) is 0 Å². The molecule has 0 aliphatic heterocycles. The molecule has 9 nitrogen and oxygen atoms in total. The highest BCUT2D eigenvalue weighted by atomic mass is 31.2. The van der Waals surface area contributed by atoms with Crippen LogP contribution < -0.4 is 10.2 Å². The average molecular weight is 1030 g/mol. The zero-order valence-corrected chi connectivity index (χ0v) is 48.0. The van der Waals surface area contributed by atoms with Crippen molar-refractivity contribution in [1.29, 1.82) is 0 Å². The van der Waals surface area contributed by atoms with Crippen LogP contribution in [-0.4, -0.2) is 69.4 Å². The minimum atomic E-state index is -4.71. The molecule has 0 aliphatic rings. The molecule has 1 amide bonds. The van der Waals surface area contributed by atoms with Gasteiger partial charge in [-0.2, -0.15) is 0 Å². The Morgan fingerprint density at radius 2 is 0.903 bits per heavy atom. The van der Waals surface area contributed by atoms with Crippen LogP contribution in [0, 0.1) is 0 Å². The number of nitrogens with zero attached hydrogens (tertiary/aromatic N) is 1. The number of allylic oxidation sites excluding steroid dienone is 15. The van der Waals surface area contributed by atoms with Crippen molar-refractivity contribution < 1.29 is 37.3 Å². The molecule has 0 aliphatic carbocycles. The first-order valence-corrected chi connectivity index (χ1v) is 30.5. The minimum absolute atomic E-state index is 0.0335. The number of rotatable bonds is 51.